The third-order valence-electron chi connectivity index (χ3n) is 1.94. The van der Waals surface area contributed by atoms with Gasteiger partial charge in [-0.1, -0.05) is 28.1 Å². The first kappa shape index (κ1) is 14.2. The first-order chi connectivity index (χ1) is 8.19. The molecule has 0 aromatic heterocycles. The van der Waals surface area contributed by atoms with Gasteiger partial charge in [0.1, 0.15) is 5.82 Å². The third-order valence-corrected chi connectivity index (χ3v) is 2.44. The van der Waals surface area contributed by atoms with Crippen LogP contribution in [0.4, 0.5) is 4.39 Å². The van der Waals surface area contributed by atoms with Crippen molar-refractivity contribution in [1.29, 1.82) is 0 Å². The lowest BCUT2D eigenvalue weighted by Crippen LogP contribution is -2.39. The molecule has 0 aliphatic heterocycles. The Bertz CT molecular complexity index is 386. The van der Waals surface area contributed by atoms with Crippen LogP contribution in [0.2, 0.25) is 0 Å². The standard InChI is InChI=1S/C12H13BBrFO2/c1-3-7-16-13(17-8-4-2)11-9-10(14)5-6-12(11)15/h3-6,9H,1-2,7-8H2. The van der Waals surface area contributed by atoms with Crippen molar-refractivity contribution in [3.63, 3.8) is 0 Å². The topological polar surface area (TPSA) is 18.5 Å². The van der Waals surface area contributed by atoms with Crippen molar-refractivity contribution >= 4 is 28.5 Å². The van der Waals surface area contributed by atoms with Crippen LogP contribution in [0.25, 0.3) is 0 Å². The van der Waals surface area contributed by atoms with Gasteiger partial charge in [0.15, 0.2) is 0 Å². The van der Waals surface area contributed by atoms with Crippen molar-refractivity contribution in [1.82, 2.24) is 0 Å². The van der Waals surface area contributed by atoms with E-state index in [0.29, 0.717) is 5.46 Å². The quantitative estimate of drug-likeness (QED) is 0.569. The minimum absolute atomic E-state index is 0.285. The van der Waals surface area contributed by atoms with Crippen LogP contribution in [0.1, 0.15) is 0 Å². The van der Waals surface area contributed by atoms with Crippen LogP contribution < -0.4 is 5.46 Å². The van der Waals surface area contributed by atoms with Crippen molar-refractivity contribution < 1.29 is 13.7 Å². The molecule has 0 bridgehead atoms. The Kier molecular flexibility index (Phi) is 6.18. The van der Waals surface area contributed by atoms with Crippen molar-refractivity contribution in [2.45, 2.75) is 0 Å². The Morgan fingerprint density at radius 3 is 2.35 bits per heavy atom. The normalized spacial score (nSPS) is 10.0. The summed E-state index contributed by atoms with van der Waals surface area (Å²) >= 11 is 3.28. The van der Waals surface area contributed by atoms with Crippen LogP contribution >= 0.6 is 15.9 Å². The second-order valence-electron chi connectivity index (χ2n) is 3.24. The molecule has 0 atom stereocenters. The van der Waals surface area contributed by atoms with Crippen molar-refractivity contribution in [3.8, 4) is 0 Å². The highest BCUT2D eigenvalue weighted by atomic mass is 79.9. The van der Waals surface area contributed by atoms with E-state index < -0.39 is 7.12 Å². The van der Waals surface area contributed by atoms with Crippen LogP contribution in [-0.4, -0.2) is 20.3 Å². The van der Waals surface area contributed by atoms with Crippen LogP contribution in [0, 0.1) is 5.82 Å². The van der Waals surface area contributed by atoms with Gasteiger partial charge in [0, 0.05) is 23.1 Å². The second kappa shape index (κ2) is 7.43. The van der Waals surface area contributed by atoms with Gasteiger partial charge in [0.05, 0.1) is 0 Å². The molecule has 0 heterocycles. The molecule has 1 rings (SSSR count). The summed E-state index contributed by atoms with van der Waals surface area (Å²) in [7, 11) is -0.761. The lowest BCUT2D eigenvalue weighted by atomic mass is 9.78. The Labute approximate surface area is 109 Å². The highest BCUT2D eigenvalue weighted by Gasteiger charge is 2.24. The number of rotatable bonds is 7. The third kappa shape index (κ3) is 4.46. The number of hydrogen-bond donors (Lipinski definition) is 0. The van der Waals surface area contributed by atoms with Gasteiger partial charge in [0.2, 0.25) is 0 Å². The number of halogens is 2. The van der Waals surface area contributed by atoms with Gasteiger partial charge < -0.3 is 9.31 Å². The van der Waals surface area contributed by atoms with Gasteiger partial charge in [-0.25, -0.2) is 4.39 Å². The van der Waals surface area contributed by atoms with E-state index in [1.807, 2.05) is 0 Å². The lowest BCUT2D eigenvalue weighted by Gasteiger charge is -2.13. The van der Waals surface area contributed by atoms with Crippen LogP contribution in [0.5, 0.6) is 0 Å². The van der Waals surface area contributed by atoms with Crippen molar-refractivity contribution in [2.75, 3.05) is 13.2 Å². The largest absolute Gasteiger partial charge is 0.497 e. The van der Waals surface area contributed by atoms with Gasteiger partial charge in [-0.05, 0) is 18.2 Å². The zero-order valence-corrected chi connectivity index (χ0v) is 11.0. The van der Waals surface area contributed by atoms with Gasteiger partial charge in [-0.2, -0.15) is 0 Å². The highest BCUT2D eigenvalue weighted by Crippen LogP contribution is 2.09. The second-order valence-corrected chi connectivity index (χ2v) is 4.16. The molecule has 0 radical (unpaired) electrons. The van der Waals surface area contributed by atoms with E-state index in [1.54, 1.807) is 24.3 Å². The first-order valence-electron chi connectivity index (χ1n) is 5.09. The minimum atomic E-state index is -0.761. The fraction of sp³-hybridized carbons (Fsp3) is 0.167. The zero-order chi connectivity index (χ0) is 12.7. The van der Waals surface area contributed by atoms with E-state index in [2.05, 4.69) is 29.1 Å². The summed E-state index contributed by atoms with van der Waals surface area (Å²) in [6.07, 6.45) is 3.17. The average molecular weight is 299 g/mol. The fourth-order valence-corrected chi connectivity index (χ4v) is 1.61. The highest BCUT2D eigenvalue weighted by molar-refractivity contribution is 9.10. The van der Waals surface area contributed by atoms with E-state index in [1.165, 1.54) is 6.07 Å². The molecule has 2 nitrogen and oxygen atoms in total. The molecule has 90 valence electrons. The predicted octanol–water partition coefficient (Wildman–Crippen LogP) is 2.69. The summed E-state index contributed by atoms with van der Waals surface area (Å²) < 4.78 is 25.1. The first-order valence-corrected chi connectivity index (χ1v) is 5.88. The molecule has 0 N–H and O–H groups in total. The summed E-state index contributed by atoms with van der Waals surface area (Å²) in [5, 5.41) is 0. The Hall–Kier alpha value is -0.905. The van der Waals surface area contributed by atoms with Crippen LogP contribution in [0.3, 0.4) is 0 Å². The van der Waals surface area contributed by atoms with E-state index in [0.717, 1.165) is 4.47 Å². The lowest BCUT2D eigenvalue weighted by molar-refractivity contribution is 0.244. The average Bonchev–Trinajstić information content (AvgIpc) is 2.33. The predicted molar refractivity (Wildman–Crippen MR) is 71.8 cm³/mol. The molecule has 0 fully saturated rings. The van der Waals surface area contributed by atoms with E-state index in [4.69, 9.17) is 9.31 Å². The van der Waals surface area contributed by atoms with Crippen molar-refractivity contribution in [2.24, 2.45) is 0 Å². The van der Waals surface area contributed by atoms with E-state index in [9.17, 15) is 4.39 Å². The SMILES string of the molecule is C=CCOB(OCC=C)c1cc(Br)ccc1F. The summed E-state index contributed by atoms with van der Waals surface area (Å²) in [6.45, 7) is 7.66. The number of benzene rings is 1. The maximum Gasteiger partial charge on any atom is 0.497 e. The van der Waals surface area contributed by atoms with E-state index >= 15 is 0 Å². The summed E-state index contributed by atoms with van der Waals surface area (Å²) in [4.78, 5) is 0. The molecule has 0 spiro atoms. The maximum absolute atomic E-state index is 13.6. The molecule has 0 saturated heterocycles. The number of hydrogen-bond acceptors (Lipinski definition) is 2. The molecular formula is C12H13BBrFO2. The summed E-state index contributed by atoms with van der Waals surface area (Å²) in [5.74, 6) is -0.369. The molecule has 5 heteroatoms. The Morgan fingerprint density at radius 1 is 1.24 bits per heavy atom. The molecule has 0 saturated carbocycles. The monoisotopic (exact) mass is 298 g/mol. The zero-order valence-electron chi connectivity index (χ0n) is 9.36. The molecule has 0 unspecified atom stereocenters. The molecule has 1 aromatic rings. The van der Waals surface area contributed by atoms with Crippen LogP contribution in [-0.2, 0) is 9.31 Å². The summed E-state index contributed by atoms with van der Waals surface area (Å²) in [6, 6.07) is 4.62. The molecule has 17 heavy (non-hydrogen) atoms. The van der Waals surface area contributed by atoms with E-state index in [-0.39, 0.29) is 19.0 Å². The fourth-order valence-electron chi connectivity index (χ4n) is 1.23. The molecule has 0 amide bonds. The maximum atomic E-state index is 13.6. The van der Waals surface area contributed by atoms with Gasteiger partial charge in [-0.3, -0.25) is 0 Å². The minimum Gasteiger partial charge on any atom is -0.404 e. The van der Waals surface area contributed by atoms with Gasteiger partial charge in [0.25, 0.3) is 0 Å². The molecule has 0 aliphatic carbocycles. The van der Waals surface area contributed by atoms with Gasteiger partial charge >= 0.3 is 7.12 Å². The smallest absolute Gasteiger partial charge is 0.404 e. The van der Waals surface area contributed by atoms with Crippen molar-refractivity contribution in [3.05, 3.63) is 53.8 Å². The molecule has 1 aromatic carbocycles. The Morgan fingerprint density at radius 2 is 1.82 bits per heavy atom. The van der Waals surface area contributed by atoms with Gasteiger partial charge in [-0.15, -0.1) is 13.2 Å². The Balaban J connectivity index is 2.89. The summed E-state index contributed by atoms with van der Waals surface area (Å²) in [5.41, 5.74) is 0.350. The van der Waals surface area contributed by atoms with Crippen LogP contribution in [0.15, 0.2) is 48.0 Å². The molecular weight excluding hydrogens is 286 g/mol. The molecule has 0 aliphatic rings.